The van der Waals surface area contributed by atoms with Crippen LogP contribution in [0, 0.1) is 0 Å². The van der Waals surface area contributed by atoms with Crippen molar-refractivity contribution in [2.24, 2.45) is 0 Å². The summed E-state index contributed by atoms with van der Waals surface area (Å²) in [5.74, 6) is -0.814. The molecule has 0 bridgehead atoms. The largest absolute Gasteiger partial charge is 0.497 e. The average Bonchev–Trinajstić information content (AvgIpc) is 3.05. The molecular weight excluding hydrogens is 332 g/mol. The molecule has 0 aliphatic heterocycles. The number of fused-ring (bicyclic) bond motifs is 1. The summed E-state index contributed by atoms with van der Waals surface area (Å²) >= 11 is 0. The van der Waals surface area contributed by atoms with Crippen LogP contribution in [0.4, 0.5) is 5.69 Å². The van der Waals surface area contributed by atoms with Crippen molar-refractivity contribution in [3.63, 3.8) is 0 Å². The summed E-state index contributed by atoms with van der Waals surface area (Å²) in [4.78, 5) is 24.3. The second-order valence-electron chi connectivity index (χ2n) is 6.38. The van der Waals surface area contributed by atoms with Crippen LogP contribution in [-0.2, 0) is 27.2 Å². The molecule has 0 atom stereocenters. The predicted molar refractivity (Wildman–Crippen MR) is 98.2 cm³/mol. The average molecular weight is 354 g/mol. The smallest absolute Gasteiger partial charge is 0.313 e. The monoisotopic (exact) mass is 354 g/mol. The second kappa shape index (κ2) is 7.58. The highest BCUT2D eigenvalue weighted by atomic mass is 16.5. The first kappa shape index (κ1) is 17.9. The number of anilines is 1. The maximum Gasteiger partial charge on any atom is 0.313 e. The number of rotatable bonds is 5. The van der Waals surface area contributed by atoms with Crippen LogP contribution in [-0.4, -0.2) is 38.2 Å². The maximum atomic E-state index is 12.2. The van der Waals surface area contributed by atoms with Crippen LogP contribution in [0.15, 0.2) is 48.5 Å². The van der Waals surface area contributed by atoms with E-state index in [1.807, 2.05) is 12.1 Å². The van der Waals surface area contributed by atoms with Gasteiger partial charge in [0.1, 0.15) is 5.75 Å². The van der Waals surface area contributed by atoms with Crippen molar-refractivity contribution in [1.82, 2.24) is 5.32 Å². The number of hydrogen-bond acceptors (Lipinski definition) is 4. The number of ether oxygens (including phenoxy) is 2. The van der Waals surface area contributed by atoms with Crippen molar-refractivity contribution in [3.8, 4) is 5.75 Å². The molecule has 6 nitrogen and oxygen atoms in total. The Bertz CT molecular complexity index is 794. The van der Waals surface area contributed by atoms with Gasteiger partial charge in [0.25, 0.3) is 0 Å². The number of hydrogen-bond donors (Lipinski definition) is 2. The van der Waals surface area contributed by atoms with Crippen LogP contribution in [0.5, 0.6) is 5.75 Å². The summed E-state index contributed by atoms with van der Waals surface area (Å²) in [6.07, 6.45) is 1.41. The first-order valence-corrected chi connectivity index (χ1v) is 8.40. The van der Waals surface area contributed by atoms with Gasteiger partial charge in [0.15, 0.2) is 0 Å². The Balaban J connectivity index is 1.58. The number of nitrogens with one attached hydrogen (secondary N) is 2. The zero-order valence-corrected chi connectivity index (χ0v) is 14.9. The quantitative estimate of drug-likeness (QED) is 0.805. The van der Waals surface area contributed by atoms with Crippen molar-refractivity contribution >= 4 is 17.5 Å². The fraction of sp³-hybridized carbons (Fsp3) is 0.300. The van der Waals surface area contributed by atoms with Crippen LogP contribution < -0.4 is 15.4 Å². The Hall–Kier alpha value is -2.86. The molecule has 2 N–H and O–H groups in total. The highest BCUT2D eigenvalue weighted by Crippen LogP contribution is 2.32. The van der Waals surface area contributed by atoms with E-state index < -0.39 is 17.4 Å². The fourth-order valence-corrected chi connectivity index (χ4v) is 3.21. The zero-order valence-electron chi connectivity index (χ0n) is 14.9. The summed E-state index contributed by atoms with van der Waals surface area (Å²) in [7, 11) is 3.17. The summed E-state index contributed by atoms with van der Waals surface area (Å²) in [5, 5.41) is 5.26. The van der Waals surface area contributed by atoms with Gasteiger partial charge in [0, 0.05) is 38.2 Å². The highest BCUT2D eigenvalue weighted by Gasteiger charge is 2.37. The van der Waals surface area contributed by atoms with E-state index in [1.54, 1.807) is 31.4 Å². The van der Waals surface area contributed by atoms with Crippen LogP contribution in [0.25, 0.3) is 0 Å². The Morgan fingerprint density at radius 3 is 2.31 bits per heavy atom. The highest BCUT2D eigenvalue weighted by molar-refractivity contribution is 6.39. The normalized spacial score (nSPS) is 14.4. The third kappa shape index (κ3) is 3.86. The number of carbonyl (C=O) groups excluding carboxylic acids is 2. The van der Waals surface area contributed by atoms with E-state index in [0.29, 0.717) is 24.3 Å². The van der Waals surface area contributed by atoms with Gasteiger partial charge in [-0.2, -0.15) is 0 Å². The van der Waals surface area contributed by atoms with Crippen molar-refractivity contribution in [2.45, 2.75) is 18.4 Å². The summed E-state index contributed by atoms with van der Waals surface area (Å²) in [6.45, 7) is 0.266. The molecule has 0 heterocycles. The van der Waals surface area contributed by atoms with E-state index >= 15 is 0 Å². The molecule has 136 valence electrons. The van der Waals surface area contributed by atoms with Gasteiger partial charge in [0.05, 0.1) is 12.7 Å². The Kier molecular flexibility index (Phi) is 5.23. The molecule has 0 saturated heterocycles. The van der Waals surface area contributed by atoms with Gasteiger partial charge in [-0.1, -0.05) is 30.3 Å². The van der Waals surface area contributed by atoms with E-state index in [4.69, 9.17) is 9.47 Å². The van der Waals surface area contributed by atoms with Crippen LogP contribution in [0.1, 0.15) is 11.1 Å². The topological polar surface area (TPSA) is 76.7 Å². The second-order valence-corrected chi connectivity index (χ2v) is 6.38. The SMILES string of the molecule is COc1cccc(NC(=O)C(=O)NCC2(OC)Cc3ccccc3C2)c1. The van der Waals surface area contributed by atoms with E-state index in [9.17, 15) is 9.59 Å². The molecule has 0 aromatic heterocycles. The maximum absolute atomic E-state index is 12.2. The lowest BCUT2D eigenvalue weighted by atomic mass is 10.00. The van der Waals surface area contributed by atoms with Gasteiger partial charge in [-0.25, -0.2) is 0 Å². The lowest BCUT2D eigenvalue weighted by Gasteiger charge is -2.27. The van der Waals surface area contributed by atoms with Gasteiger partial charge in [-0.05, 0) is 23.3 Å². The van der Waals surface area contributed by atoms with Crippen LogP contribution in [0.2, 0.25) is 0 Å². The van der Waals surface area contributed by atoms with Gasteiger partial charge < -0.3 is 20.1 Å². The Labute approximate surface area is 152 Å². The molecule has 0 spiro atoms. The molecule has 1 aliphatic rings. The number of carbonyl (C=O) groups is 2. The minimum absolute atomic E-state index is 0.266. The molecule has 26 heavy (non-hydrogen) atoms. The number of amides is 2. The van der Waals surface area contributed by atoms with E-state index in [1.165, 1.54) is 18.2 Å². The molecule has 6 heteroatoms. The Morgan fingerprint density at radius 1 is 1.00 bits per heavy atom. The molecule has 2 amide bonds. The van der Waals surface area contributed by atoms with Gasteiger partial charge in [-0.3, -0.25) is 9.59 Å². The van der Waals surface area contributed by atoms with Crippen LogP contribution in [0.3, 0.4) is 0 Å². The van der Waals surface area contributed by atoms with Crippen molar-refractivity contribution < 1.29 is 19.1 Å². The molecule has 2 aromatic rings. The zero-order chi connectivity index (χ0) is 18.6. The van der Waals surface area contributed by atoms with Gasteiger partial charge in [-0.15, -0.1) is 0 Å². The minimum atomic E-state index is -0.722. The van der Waals surface area contributed by atoms with E-state index in [-0.39, 0.29) is 6.54 Å². The third-order valence-corrected chi connectivity index (χ3v) is 4.68. The lowest BCUT2D eigenvalue weighted by Crippen LogP contribution is -2.48. The molecule has 2 aromatic carbocycles. The molecule has 0 fully saturated rings. The van der Waals surface area contributed by atoms with Gasteiger partial charge in [0.2, 0.25) is 0 Å². The molecule has 0 saturated carbocycles. The van der Waals surface area contributed by atoms with Crippen molar-refractivity contribution in [3.05, 3.63) is 59.7 Å². The number of benzene rings is 2. The molecule has 0 unspecified atom stereocenters. The summed E-state index contributed by atoms with van der Waals surface area (Å²) in [5.41, 5.74) is 2.41. The lowest BCUT2D eigenvalue weighted by molar-refractivity contribution is -0.137. The molecular formula is C20H22N2O4. The first-order chi connectivity index (χ1) is 12.5. The summed E-state index contributed by atoms with van der Waals surface area (Å²) < 4.78 is 10.8. The molecule has 3 rings (SSSR count). The standard InChI is InChI=1S/C20H22N2O4/c1-25-17-9-5-8-16(10-17)22-19(24)18(23)21-13-20(26-2)11-14-6-3-4-7-15(14)12-20/h3-10H,11-13H2,1-2H3,(H,21,23)(H,22,24). The first-order valence-electron chi connectivity index (χ1n) is 8.40. The van der Waals surface area contributed by atoms with Crippen molar-refractivity contribution in [1.29, 1.82) is 0 Å². The van der Waals surface area contributed by atoms with Crippen molar-refractivity contribution in [2.75, 3.05) is 26.1 Å². The van der Waals surface area contributed by atoms with Gasteiger partial charge >= 0.3 is 11.8 Å². The minimum Gasteiger partial charge on any atom is -0.497 e. The summed E-state index contributed by atoms with van der Waals surface area (Å²) in [6, 6.07) is 14.9. The van der Waals surface area contributed by atoms with Crippen LogP contribution >= 0.6 is 0 Å². The fourth-order valence-electron chi connectivity index (χ4n) is 3.21. The predicted octanol–water partition coefficient (Wildman–Crippen LogP) is 1.93. The van der Waals surface area contributed by atoms with E-state index in [2.05, 4.69) is 22.8 Å². The van der Waals surface area contributed by atoms with E-state index in [0.717, 1.165) is 0 Å². The Morgan fingerprint density at radius 2 is 1.69 bits per heavy atom. The third-order valence-electron chi connectivity index (χ3n) is 4.68. The number of methoxy groups -OCH3 is 2. The molecule has 1 aliphatic carbocycles. The molecule has 0 radical (unpaired) electrons.